The van der Waals surface area contributed by atoms with Crippen LogP contribution < -0.4 is 5.32 Å². The minimum absolute atomic E-state index is 0.0421. The van der Waals surface area contributed by atoms with Gasteiger partial charge in [-0.1, -0.05) is 23.2 Å². The van der Waals surface area contributed by atoms with Gasteiger partial charge in [0.15, 0.2) is 5.69 Å². The molecular formula is C17H18Cl2N2O4. The van der Waals surface area contributed by atoms with Gasteiger partial charge >= 0.3 is 5.97 Å². The second kappa shape index (κ2) is 7.45. The van der Waals surface area contributed by atoms with Crippen molar-refractivity contribution < 1.29 is 19.1 Å². The van der Waals surface area contributed by atoms with Gasteiger partial charge in [-0.15, -0.1) is 0 Å². The number of nitrogens with zero attached hydrogens (tertiary/aromatic N) is 1. The van der Waals surface area contributed by atoms with Crippen LogP contribution >= 0.6 is 23.2 Å². The molecule has 2 aromatic rings. The number of hydrogen-bond acceptors (Lipinski definition) is 4. The van der Waals surface area contributed by atoms with Crippen molar-refractivity contribution in [1.29, 1.82) is 0 Å². The third kappa shape index (κ3) is 4.96. The Morgan fingerprint density at radius 3 is 2.56 bits per heavy atom. The van der Waals surface area contributed by atoms with Crippen molar-refractivity contribution in [2.45, 2.75) is 39.2 Å². The van der Waals surface area contributed by atoms with Crippen LogP contribution in [0.3, 0.4) is 0 Å². The predicted octanol–water partition coefficient (Wildman–Crippen LogP) is 4.33. The molecule has 0 spiro atoms. The number of carboxylic acids is 1. The molecule has 2 N–H and O–H groups in total. The number of carbonyl (C=O) groups is 2. The van der Waals surface area contributed by atoms with Crippen LogP contribution in [0.15, 0.2) is 22.6 Å². The molecule has 1 aromatic carbocycles. The highest BCUT2D eigenvalue weighted by molar-refractivity contribution is 6.42. The molecule has 0 radical (unpaired) electrons. The second-order valence-corrected chi connectivity index (χ2v) is 7.10. The van der Waals surface area contributed by atoms with Gasteiger partial charge in [-0.2, -0.15) is 0 Å². The standard InChI is InChI=1S/C17H18Cl2N2O4/c1-9-14(15(24)21-17(2,3)7-6-13(22)23)20-16(25-9)10-4-5-11(18)12(19)8-10/h4-5,8H,6-7H2,1-3H3,(H,21,24)(H,22,23). The first kappa shape index (κ1) is 19.3. The van der Waals surface area contributed by atoms with Crippen molar-refractivity contribution in [3.8, 4) is 11.5 Å². The van der Waals surface area contributed by atoms with E-state index >= 15 is 0 Å². The molecule has 134 valence electrons. The van der Waals surface area contributed by atoms with Gasteiger partial charge in [0, 0.05) is 17.5 Å². The molecule has 0 bridgehead atoms. The number of halogens is 2. The maximum atomic E-state index is 12.5. The largest absolute Gasteiger partial charge is 0.481 e. The molecule has 2 rings (SSSR count). The lowest BCUT2D eigenvalue weighted by molar-refractivity contribution is -0.137. The minimum Gasteiger partial charge on any atom is -0.481 e. The van der Waals surface area contributed by atoms with Crippen molar-refractivity contribution >= 4 is 35.1 Å². The van der Waals surface area contributed by atoms with Gasteiger partial charge in [-0.05, 0) is 45.4 Å². The van der Waals surface area contributed by atoms with Crippen molar-refractivity contribution in [3.63, 3.8) is 0 Å². The number of rotatable bonds is 6. The second-order valence-electron chi connectivity index (χ2n) is 6.28. The third-order valence-corrected chi connectivity index (χ3v) is 4.33. The summed E-state index contributed by atoms with van der Waals surface area (Å²) in [6.07, 6.45) is 0.254. The molecule has 0 saturated heterocycles. The molecule has 25 heavy (non-hydrogen) atoms. The predicted molar refractivity (Wildman–Crippen MR) is 95.1 cm³/mol. The fourth-order valence-electron chi connectivity index (χ4n) is 2.21. The maximum absolute atomic E-state index is 12.5. The topological polar surface area (TPSA) is 92.4 Å². The van der Waals surface area contributed by atoms with Gasteiger partial charge in [-0.25, -0.2) is 4.98 Å². The number of amides is 1. The quantitative estimate of drug-likeness (QED) is 0.772. The number of carbonyl (C=O) groups excluding carboxylic acids is 1. The number of carboxylic acid groups (broad SMARTS) is 1. The monoisotopic (exact) mass is 384 g/mol. The molecule has 0 atom stereocenters. The molecular weight excluding hydrogens is 367 g/mol. The number of aliphatic carboxylic acids is 1. The molecule has 0 saturated carbocycles. The van der Waals surface area contributed by atoms with Crippen LogP contribution in [0.2, 0.25) is 10.0 Å². The summed E-state index contributed by atoms with van der Waals surface area (Å²) >= 11 is 11.9. The lowest BCUT2D eigenvalue weighted by atomic mass is 9.98. The van der Waals surface area contributed by atoms with E-state index < -0.39 is 17.4 Å². The highest BCUT2D eigenvalue weighted by Gasteiger charge is 2.26. The van der Waals surface area contributed by atoms with Crippen molar-refractivity contribution in [3.05, 3.63) is 39.7 Å². The Hall–Kier alpha value is -2.05. The summed E-state index contributed by atoms with van der Waals surface area (Å²) in [5.41, 5.74) is 0.0519. The zero-order chi connectivity index (χ0) is 18.8. The Morgan fingerprint density at radius 2 is 1.96 bits per heavy atom. The SMILES string of the molecule is Cc1oc(-c2ccc(Cl)c(Cl)c2)nc1C(=O)NC(C)(C)CCC(=O)O. The van der Waals surface area contributed by atoms with E-state index in [0.717, 1.165) is 0 Å². The Kier molecular flexibility index (Phi) is 5.75. The average molecular weight is 385 g/mol. The van der Waals surface area contributed by atoms with E-state index in [-0.39, 0.29) is 18.0 Å². The fourth-order valence-corrected chi connectivity index (χ4v) is 2.51. The zero-order valence-electron chi connectivity index (χ0n) is 14.0. The van der Waals surface area contributed by atoms with Crippen molar-refractivity contribution in [1.82, 2.24) is 10.3 Å². The molecule has 0 fully saturated rings. The lowest BCUT2D eigenvalue weighted by Gasteiger charge is -2.25. The summed E-state index contributed by atoms with van der Waals surface area (Å²) in [5.74, 6) is -0.734. The van der Waals surface area contributed by atoms with Gasteiger partial charge in [-0.3, -0.25) is 9.59 Å². The van der Waals surface area contributed by atoms with E-state index in [1.54, 1.807) is 39.0 Å². The van der Waals surface area contributed by atoms with Crippen molar-refractivity contribution in [2.24, 2.45) is 0 Å². The normalized spacial score (nSPS) is 11.4. The van der Waals surface area contributed by atoms with E-state index in [1.165, 1.54) is 0 Å². The smallest absolute Gasteiger partial charge is 0.303 e. The molecule has 1 aromatic heterocycles. The summed E-state index contributed by atoms with van der Waals surface area (Å²) in [6, 6.07) is 4.92. The van der Waals surface area contributed by atoms with E-state index in [1.807, 2.05) is 0 Å². The van der Waals surface area contributed by atoms with Crippen LogP contribution in [0.4, 0.5) is 0 Å². The lowest BCUT2D eigenvalue weighted by Crippen LogP contribution is -2.44. The van der Waals surface area contributed by atoms with E-state index in [2.05, 4.69) is 10.3 Å². The van der Waals surface area contributed by atoms with E-state index in [4.69, 9.17) is 32.7 Å². The highest BCUT2D eigenvalue weighted by Crippen LogP contribution is 2.29. The Labute approximate surface area is 155 Å². The molecule has 0 aliphatic carbocycles. The Morgan fingerprint density at radius 1 is 1.28 bits per heavy atom. The van der Waals surface area contributed by atoms with Crippen LogP contribution in [0.5, 0.6) is 0 Å². The van der Waals surface area contributed by atoms with Crippen LogP contribution in [-0.2, 0) is 4.79 Å². The first-order valence-electron chi connectivity index (χ1n) is 7.56. The van der Waals surface area contributed by atoms with Gasteiger partial charge in [0.2, 0.25) is 5.89 Å². The zero-order valence-corrected chi connectivity index (χ0v) is 15.5. The Balaban J connectivity index is 2.20. The first-order chi connectivity index (χ1) is 11.6. The summed E-state index contributed by atoms with van der Waals surface area (Å²) in [7, 11) is 0. The summed E-state index contributed by atoms with van der Waals surface area (Å²) in [6.45, 7) is 5.14. The number of hydrogen-bond donors (Lipinski definition) is 2. The van der Waals surface area contributed by atoms with Gasteiger partial charge in [0.05, 0.1) is 10.0 Å². The van der Waals surface area contributed by atoms with Gasteiger partial charge in [0.1, 0.15) is 5.76 Å². The maximum Gasteiger partial charge on any atom is 0.303 e. The molecule has 0 aliphatic rings. The molecule has 0 unspecified atom stereocenters. The van der Waals surface area contributed by atoms with Crippen molar-refractivity contribution in [2.75, 3.05) is 0 Å². The summed E-state index contributed by atoms with van der Waals surface area (Å²) in [5, 5.41) is 12.3. The van der Waals surface area contributed by atoms with Crippen LogP contribution in [0, 0.1) is 6.92 Å². The average Bonchev–Trinajstić information content (AvgIpc) is 2.90. The summed E-state index contributed by atoms with van der Waals surface area (Å²) in [4.78, 5) is 27.4. The number of oxazole rings is 1. The van der Waals surface area contributed by atoms with E-state index in [9.17, 15) is 9.59 Å². The van der Waals surface area contributed by atoms with E-state index in [0.29, 0.717) is 27.8 Å². The Bertz CT molecular complexity index is 815. The number of aromatic nitrogens is 1. The molecule has 1 heterocycles. The van der Waals surface area contributed by atoms with Crippen LogP contribution in [0.25, 0.3) is 11.5 Å². The minimum atomic E-state index is -0.915. The number of benzene rings is 1. The third-order valence-electron chi connectivity index (χ3n) is 3.59. The molecule has 6 nitrogen and oxygen atoms in total. The fraction of sp³-hybridized carbons (Fsp3) is 0.353. The van der Waals surface area contributed by atoms with Gasteiger partial charge in [0.25, 0.3) is 5.91 Å². The van der Waals surface area contributed by atoms with Crippen LogP contribution in [-0.4, -0.2) is 27.5 Å². The molecule has 8 heteroatoms. The van der Waals surface area contributed by atoms with Crippen LogP contribution in [0.1, 0.15) is 42.9 Å². The molecule has 1 amide bonds. The summed E-state index contributed by atoms with van der Waals surface area (Å²) < 4.78 is 5.56. The van der Waals surface area contributed by atoms with Gasteiger partial charge < -0.3 is 14.8 Å². The highest BCUT2D eigenvalue weighted by atomic mass is 35.5. The first-order valence-corrected chi connectivity index (χ1v) is 8.32. The number of aryl methyl sites for hydroxylation is 1. The molecule has 0 aliphatic heterocycles. The number of nitrogens with one attached hydrogen (secondary N) is 1.